The summed E-state index contributed by atoms with van der Waals surface area (Å²) in [6.07, 6.45) is 2.88. The molecule has 0 bridgehead atoms. The number of sulfonamides is 1. The Bertz CT molecular complexity index is 843. The van der Waals surface area contributed by atoms with E-state index in [4.69, 9.17) is 0 Å². The number of benzene rings is 2. The van der Waals surface area contributed by atoms with E-state index < -0.39 is 16.1 Å². The van der Waals surface area contributed by atoms with Crippen molar-refractivity contribution < 1.29 is 13.2 Å². The molecule has 1 aliphatic rings. The van der Waals surface area contributed by atoms with Gasteiger partial charge in [-0.3, -0.25) is 4.79 Å². The van der Waals surface area contributed by atoms with Crippen LogP contribution in [0.5, 0.6) is 0 Å². The first kappa shape index (κ1) is 19.6. The highest BCUT2D eigenvalue weighted by molar-refractivity contribution is 7.88. The molecule has 0 saturated carbocycles. The van der Waals surface area contributed by atoms with Crippen LogP contribution < -0.4 is 4.72 Å². The van der Waals surface area contributed by atoms with Gasteiger partial charge in [-0.25, -0.2) is 13.1 Å². The van der Waals surface area contributed by atoms with Gasteiger partial charge in [0.1, 0.15) is 0 Å². The fourth-order valence-electron chi connectivity index (χ4n) is 4.04. The quantitative estimate of drug-likeness (QED) is 0.859. The Morgan fingerprint density at radius 3 is 2.04 bits per heavy atom. The molecule has 1 unspecified atom stereocenters. The average molecular weight is 387 g/mol. The molecular formula is C21H26N2O3S. The molecule has 2 aromatic carbocycles. The average Bonchev–Trinajstić information content (AvgIpc) is 2.67. The highest BCUT2D eigenvalue weighted by atomic mass is 32.2. The first-order chi connectivity index (χ1) is 12.8. The van der Waals surface area contributed by atoms with E-state index in [1.165, 1.54) is 11.1 Å². The van der Waals surface area contributed by atoms with Crippen molar-refractivity contribution in [2.24, 2.45) is 0 Å². The molecule has 1 fully saturated rings. The van der Waals surface area contributed by atoms with Crippen LogP contribution in [-0.2, 0) is 20.2 Å². The van der Waals surface area contributed by atoms with Gasteiger partial charge in [0.05, 0.1) is 12.3 Å². The lowest BCUT2D eigenvalue weighted by Gasteiger charge is -2.44. The lowest BCUT2D eigenvalue weighted by atomic mass is 9.69. The monoisotopic (exact) mass is 386 g/mol. The maximum atomic E-state index is 12.9. The third kappa shape index (κ3) is 4.39. The zero-order chi connectivity index (χ0) is 19.5. The summed E-state index contributed by atoms with van der Waals surface area (Å²) < 4.78 is 25.4. The van der Waals surface area contributed by atoms with Crippen LogP contribution >= 0.6 is 0 Å². The number of rotatable bonds is 5. The summed E-state index contributed by atoms with van der Waals surface area (Å²) in [5, 5.41) is 0. The maximum Gasteiger partial charge on any atom is 0.240 e. The molecule has 0 spiro atoms. The molecule has 3 rings (SSSR count). The number of carbonyl (C=O) groups is 1. The van der Waals surface area contributed by atoms with Crippen LogP contribution in [0.1, 0.15) is 30.9 Å². The molecular weight excluding hydrogens is 360 g/mol. The number of carbonyl (C=O) groups excluding carboxylic acids is 1. The predicted molar refractivity (Wildman–Crippen MR) is 107 cm³/mol. The topological polar surface area (TPSA) is 66.5 Å². The Kier molecular flexibility index (Phi) is 5.67. The largest absolute Gasteiger partial charge is 0.340 e. The summed E-state index contributed by atoms with van der Waals surface area (Å²) in [6, 6.07) is 19.7. The first-order valence-electron chi connectivity index (χ1n) is 9.19. The summed E-state index contributed by atoms with van der Waals surface area (Å²) in [7, 11) is -3.44. The Labute approximate surface area is 161 Å². The Hall–Kier alpha value is -2.18. The molecule has 0 radical (unpaired) electrons. The summed E-state index contributed by atoms with van der Waals surface area (Å²) in [5.41, 5.74) is 2.07. The van der Waals surface area contributed by atoms with Crippen LogP contribution in [0.2, 0.25) is 0 Å². The SMILES string of the molecule is CC(NS(C)(=O)=O)C(=O)N1CCCC(c2ccccc2)(c2ccccc2)C1. The molecule has 0 aliphatic carbocycles. The third-order valence-electron chi connectivity index (χ3n) is 5.22. The van der Waals surface area contributed by atoms with Crippen molar-refractivity contribution in [2.75, 3.05) is 19.3 Å². The summed E-state index contributed by atoms with van der Waals surface area (Å²) in [4.78, 5) is 14.7. The Morgan fingerprint density at radius 1 is 1.04 bits per heavy atom. The van der Waals surface area contributed by atoms with Crippen molar-refractivity contribution in [3.63, 3.8) is 0 Å². The van der Waals surface area contributed by atoms with E-state index in [0.717, 1.165) is 19.1 Å². The number of hydrogen-bond acceptors (Lipinski definition) is 3. The fraction of sp³-hybridized carbons (Fsp3) is 0.381. The van der Waals surface area contributed by atoms with Crippen LogP contribution in [0.3, 0.4) is 0 Å². The second-order valence-electron chi connectivity index (χ2n) is 7.29. The summed E-state index contributed by atoms with van der Waals surface area (Å²) >= 11 is 0. The fourth-order valence-corrected chi connectivity index (χ4v) is 4.78. The van der Waals surface area contributed by atoms with Crippen LogP contribution in [-0.4, -0.2) is 44.6 Å². The first-order valence-corrected chi connectivity index (χ1v) is 11.1. The molecule has 1 amide bonds. The van der Waals surface area contributed by atoms with E-state index in [1.807, 2.05) is 36.4 Å². The molecule has 1 atom stereocenters. The van der Waals surface area contributed by atoms with E-state index in [-0.39, 0.29) is 11.3 Å². The van der Waals surface area contributed by atoms with Crippen LogP contribution in [0, 0.1) is 0 Å². The third-order valence-corrected chi connectivity index (χ3v) is 6.00. The Balaban J connectivity index is 1.95. The van der Waals surface area contributed by atoms with Gasteiger partial charge in [0, 0.05) is 18.5 Å². The predicted octanol–water partition coefficient (Wildman–Crippen LogP) is 2.53. The highest BCUT2D eigenvalue weighted by Crippen LogP contribution is 2.40. The number of hydrogen-bond donors (Lipinski definition) is 1. The standard InChI is InChI=1S/C21H26N2O3S/c1-17(22-27(2,25)26)20(24)23-15-9-14-21(16-23,18-10-5-3-6-11-18)19-12-7-4-8-13-19/h3-8,10-13,17,22H,9,14-16H2,1-2H3. The van der Waals surface area contributed by atoms with Gasteiger partial charge in [-0.2, -0.15) is 0 Å². The molecule has 1 heterocycles. The number of likely N-dealkylation sites (tertiary alicyclic amines) is 1. The van der Waals surface area contributed by atoms with Gasteiger partial charge in [0.2, 0.25) is 15.9 Å². The molecule has 6 heteroatoms. The van der Waals surface area contributed by atoms with Gasteiger partial charge in [0.25, 0.3) is 0 Å². The van der Waals surface area contributed by atoms with Gasteiger partial charge >= 0.3 is 0 Å². The molecule has 27 heavy (non-hydrogen) atoms. The van der Waals surface area contributed by atoms with Gasteiger partial charge in [-0.05, 0) is 30.9 Å². The zero-order valence-corrected chi connectivity index (χ0v) is 16.6. The summed E-state index contributed by atoms with van der Waals surface area (Å²) in [5.74, 6) is -0.184. The van der Waals surface area contributed by atoms with Gasteiger partial charge in [-0.15, -0.1) is 0 Å². The number of nitrogens with one attached hydrogen (secondary N) is 1. The molecule has 144 valence electrons. The minimum atomic E-state index is -3.44. The van der Waals surface area contributed by atoms with Crippen molar-refractivity contribution in [2.45, 2.75) is 31.2 Å². The van der Waals surface area contributed by atoms with Crippen molar-refractivity contribution in [1.82, 2.24) is 9.62 Å². The molecule has 0 aromatic heterocycles. The van der Waals surface area contributed by atoms with E-state index in [0.29, 0.717) is 13.1 Å². The van der Waals surface area contributed by atoms with Crippen molar-refractivity contribution in [3.8, 4) is 0 Å². The maximum absolute atomic E-state index is 12.9. The van der Waals surface area contributed by atoms with Crippen molar-refractivity contribution in [1.29, 1.82) is 0 Å². The molecule has 1 aliphatic heterocycles. The number of piperidine rings is 1. The zero-order valence-electron chi connectivity index (χ0n) is 15.8. The minimum absolute atomic E-state index is 0.184. The second-order valence-corrected chi connectivity index (χ2v) is 9.07. The van der Waals surface area contributed by atoms with Crippen molar-refractivity contribution >= 4 is 15.9 Å². The van der Waals surface area contributed by atoms with E-state index in [2.05, 4.69) is 29.0 Å². The van der Waals surface area contributed by atoms with Crippen LogP contribution in [0.25, 0.3) is 0 Å². The van der Waals surface area contributed by atoms with Gasteiger partial charge in [-0.1, -0.05) is 60.7 Å². The van der Waals surface area contributed by atoms with Gasteiger partial charge < -0.3 is 4.90 Å². The van der Waals surface area contributed by atoms with Gasteiger partial charge in [0.15, 0.2) is 0 Å². The van der Waals surface area contributed by atoms with Crippen molar-refractivity contribution in [3.05, 3.63) is 71.8 Å². The van der Waals surface area contributed by atoms with Crippen LogP contribution in [0.4, 0.5) is 0 Å². The number of nitrogens with zero attached hydrogens (tertiary/aromatic N) is 1. The Morgan fingerprint density at radius 2 is 1.56 bits per heavy atom. The van der Waals surface area contributed by atoms with E-state index in [9.17, 15) is 13.2 Å². The smallest absolute Gasteiger partial charge is 0.240 e. The second kappa shape index (κ2) is 7.82. The van der Waals surface area contributed by atoms with Crippen LogP contribution in [0.15, 0.2) is 60.7 Å². The van der Waals surface area contributed by atoms with E-state index >= 15 is 0 Å². The molecule has 1 N–H and O–H groups in total. The summed E-state index contributed by atoms with van der Waals surface area (Å²) in [6.45, 7) is 2.77. The lowest BCUT2D eigenvalue weighted by Crippen LogP contribution is -2.54. The lowest BCUT2D eigenvalue weighted by molar-refractivity contribution is -0.134. The molecule has 1 saturated heterocycles. The number of amides is 1. The minimum Gasteiger partial charge on any atom is -0.340 e. The highest BCUT2D eigenvalue weighted by Gasteiger charge is 2.40. The molecule has 5 nitrogen and oxygen atoms in total. The molecule has 2 aromatic rings. The van der Waals surface area contributed by atoms with E-state index in [1.54, 1.807) is 11.8 Å². The normalized spacial score (nSPS) is 18.1.